The molecule has 1 aliphatic heterocycles. The first-order valence-electron chi connectivity index (χ1n) is 5.54. The van der Waals surface area contributed by atoms with Gasteiger partial charge in [-0.25, -0.2) is 0 Å². The predicted octanol–water partition coefficient (Wildman–Crippen LogP) is 3.35. The van der Waals surface area contributed by atoms with Crippen LogP contribution in [-0.2, 0) is 4.74 Å². The zero-order valence-electron chi connectivity index (χ0n) is 9.10. The Balaban J connectivity index is 1.89. The van der Waals surface area contributed by atoms with Crippen LogP contribution in [-0.4, -0.2) is 16.7 Å². The largest absolute Gasteiger partial charge is 0.368 e. The fourth-order valence-corrected chi connectivity index (χ4v) is 2.28. The van der Waals surface area contributed by atoms with E-state index in [9.17, 15) is 0 Å². The first-order chi connectivity index (χ1) is 8.33. The molecule has 0 aliphatic carbocycles. The van der Waals surface area contributed by atoms with Crippen molar-refractivity contribution in [2.45, 2.75) is 18.9 Å². The molecule has 1 aliphatic rings. The molecule has 0 bridgehead atoms. The van der Waals surface area contributed by atoms with Crippen molar-refractivity contribution < 1.29 is 9.26 Å². The van der Waals surface area contributed by atoms with Gasteiger partial charge in [0.2, 0.25) is 5.82 Å². The van der Waals surface area contributed by atoms with Crippen LogP contribution in [0.1, 0.15) is 24.8 Å². The fourth-order valence-electron chi connectivity index (χ4n) is 1.88. The summed E-state index contributed by atoms with van der Waals surface area (Å²) >= 11 is 3.42. The lowest BCUT2D eigenvalue weighted by Gasteiger charge is -2.00. The normalized spacial score (nSPS) is 19.7. The third kappa shape index (κ3) is 2.25. The minimum absolute atomic E-state index is 0.0246. The molecular weight excluding hydrogens is 284 g/mol. The van der Waals surface area contributed by atoms with Crippen LogP contribution in [0.4, 0.5) is 0 Å². The summed E-state index contributed by atoms with van der Waals surface area (Å²) in [5.41, 5.74) is 0.937. The highest BCUT2D eigenvalue weighted by Gasteiger charge is 2.24. The van der Waals surface area contributed by atoms with Gasteiger partial charge in [-0.2, -0.15) is 4.98 Å². The Bertz CT molecular complexity index is 521. The van der Waals surface area contributed by atoms with Crippen LogP contribution in [0.25, 0.3) is 11.4 Å². The van der Waals surface area contributed by atoms with E-state index in [0.29, 0.717) is 11.7 Å². The lowest BCUT2D eigenvalue weighted by atomic mass is 10.2. The molecule has 4 nitrogen and oxygen atoms in total. The van der Waals surface area contributed by atoms with E-state index in [4.69, 9.17) is 9.26 Å². The van der Waals surface area contributed by atoms with Crippen LogP contribution in [0, 0.1) is 0 Å². The highest BCUT2D eigenvalue weighted by molar-refractivity contribution is 9.10. The smallest absolute Gasteiger partial charge is 0.256 e. The summed E-state index contributed by atoms with van der Waals surface area (Å²) in [6, 6.07) is 7.82. The Morgan fingerprint density at radius 1 is 1.35 bits per heavy atom. The van der Waals surface area contributed by atoms with E-state index in [0.717, 1.165) is 29.5 Å². The molecule has 1 atom stereocenters. The predicted molar refractivity (Wildman–Crippen MR) is 65.4 cm³/mol. The Morgan fingerprint density at radius 2 is 2.29 bits per heavy atom. The topological polar surface area (TPSA) is 48.2 Å². The van der Waals surface area contributed by atoms with Crippen molar-refractivity contribution in [3.63, 3.8) is 0 Å². The van der Waals surface area contributed by atoms with Gasteiger partial charge in [0, 0.05) is 16.6 Å². The summed E-state index contributed by atoms with van der Waals surface area (Å²) < 4.78 is 11.7. The quantitative estimate of drug-likeness (QED) is 0.852. The van der Waals surface area contributed by atoms with E-state index in [1.165, 1.54) is 0 Å². The summed E-state index contributed by atoms with van der Waals surface area (Å²) in [7, 11) is 0. The second-order valence-electron chi connectivity index (χ2n) is 3.97. The number of halogens is 1. The number of rotatable bonds is 2. The van der Waals surface area contributed by atoms with E-state index in [2.05, 4.69) is 26.1 Å². The summed E-state index contributed by atoms with van der Waals surface area (Å²) in [6.07, 6.45) is 1.99. The zero-order valence-corrected chi connectivity index (χ0v) is 10.7. The third-order valence-electron chi connectivity index (χ3n) is 2.73. The van der Waals surface area contributed by atoms with E-state index >= 15 is 0 Å². The monoisotopic (exact) mass is 294 g/mol. The molecule has 5 heteroatoms. The van der Waals surface area contributed by atoms with Crippen LogP contribution in [0.5, 0.6) is 0 Å². The van der Waals surface area contributed by atoms with Crippen molar-refractivity contribution in [3.05, 3.63) is 34.6 Å². The van der Waals surface area contributed by atoms with Crippen molar-refractivity contribution in [1.29, 1.82) is 0 Å². The maximum atomic E-state index is 5.51. The highest BCUT2D eigenvalue weighted by Crippen LogP contribution is 2.29. The Morgan fingerprint density at radius 3 is 3.06 bits per heavy atom. The van der Waals surface area contributed by atoms with Gasteiger partial charge in [-0.05, 0) is 25.0 Å². The van der Waals surface area contributed by atoms with Gasteiger partial charge in [0.1, 0.15) is 6.10 Å². The van der Waals surface area contributed by atoms with Crippen LogP contribution in [0.15, 0.2) is 33.3 Å². The number of hydrogen-bond donors (Lipinski definition) is 0. The van der Waals surface area contributed by atoms with Gasteiger partial charge >= 0.3 is 0 Å². The molecule has 17 heavy (non-hydrogen) atoms. The van der Waals surface area contributed by atoms with Gasteiger partial charge in [-0.1, -0.05) is 33.2 Å². The molecule has 0 amide bonds. The highest BCUT2D eigenvalue weighted by atomic mass is 79.9. The molecule has 2 aromatic rings. The van der Waals surface area contributed by atoms with E-state index < -0.39 is 0 Å². The Labute approximate surface area is 107 Å². The minimum Gasteiger partial charge on any atom is -0.368 e. The zero-order chi connectivity index (χ0) is 11.7. The Hall–Kier alpha value is -1.20. The minimum atomic E-state index is -0.0246. The first kappa shape index (κ1) is 10.9. The first-order valence-corrected chi connectivity index (χ1v) is 6.33. The molecule has 0 spiro atoms. The average Bonchev–Trinajstić information content (AvgIpc) is 3.00. The van der Waals surface area contributed by atoms with Gasteiger partial charge in [-0.3, -0.25) is 0 Å². The fraction of sp³-hybridized carbons (Fsp3) is 0.333. The summed E-state index contributed by atoms with van der Waals surface area (Å²) in [5, 5.41) is 3.99. The van der Waals surface area contributed by atoms with Crippen molar-refractivity contribution in [3.8, 4) is 11.4 Å². The number of nitrogens with zero attached hydrogens (tertiary/aromatic N) is 2. The number of aromatic nitrogens is 2. The van der Waals surface area contributed by atoms with Crippen LogP contribution < -0.4 is 0 Å². The molecule has 0 radical (unpaired) electrons. The van der Waals surface area contributed by atoms with Crippen LogP contribution >= 0.6 is 15.9 Å². The van der Waals surface area contributed by atoms with Crippen molar-refractivity contribution >= 4 is 15.9 Å². The summed E-state index contributed by atoms with van der Waals surface area (Å²) in [6.45, 7) is 0.777. The molecule has 0 N–H and O–H groups in total. The van der Waals surface area contributed by atoms with Gasteiger partial charge in [0.25, 0.3) is 5.89 Å². The molecule has 1 saturated heterocycles. The third-order valence-corrected chi connectivity index (χ3v) is 3.22. The molecular formula is C12H11BrN2O2. The van der Waals surface area contributed by atoms with Gasteiger partial charge in [-0.15, -0.1) is 0 Å². The molecule has 2 heterocycles. The Kier molecular flexibility index (Phi) is 2.94. The van der Waals surface area contributed by atoms with Crippen molar-refractivity contribution in [2.75, 3.05) is 6.61 Å². The van der Waals surface area contributed by atoms with Gasteiger partial charge in [0.15, 0.2) is 0 Å². The number of ether oxygens (including phenoxy) is 1. The molecule has 1 fully saturated rings. The second kappa shape index (κ2) is 4.58. The van der Waals surface area contributed by atoms with Gasteiger partial charge in [0.05, 0.1) is 0 Å². The van der Waals surface area contributed by atoms with Crippen LogP contribution in [0.2, 0.25) is 0 Å². The van der Waals surface area contributed by atoms with Gasteiger partial charge < -0.3 is 9.26 Å². The molecule has 88 valence electrons. The standard InChI is InChI=1S/C12H11BrN2O2/c13-9-4-1-3-8(7-9)11-14-12(17-15-11)10-5-2-6-16-10/h1,3-4,7,10H,2,5-6H2. The summed E-state index contributed by atoms with van der Waals surface area (Å²) in [5.74, 6) is 1.19. The van der Waals surface area contributed by atoms with Crippen LogP contribution in [0.3, 0.4) is 0 Å². The van der Waals surface area contributed by atoms with Crippen molar-refractivity contribution in [2.24, 2.45) is 0 Å². The maximum Gasteiger partial charge on any atom is 0.256 e. The number of hydrogen-bond acceptors (Lipinski definition) is 4. The lowest BCUT2D eigenvalue weighted by Crippen LogP contribution is -1.95. The van der Waals surface area contributed by atoms with E-state index in [1.807, 2.05) is 24.3 Å². The molecule has 1 aromatic carbocycles. The van der Waals surface area contributed by atoms with E-state index in [1.54, 1.807) is 0 Å². The maximum absolute atomic E-state index is 5.51. The molecule has 3 rings (SSSR count). The average molecular weight is 295 g/mol. The summed E-state index contributed by atoms with van der Waals surface area (Å²) in [4.78, 5) is 4.38. The van der Waals surface area contributed by atoms with E-state index in [-0.39, 0.29) is 6.10 Å². The second-order valence-corrected chi connectivity index (χ2v) is 4.88. The molecule has 1 aromatic heterocycles. The SMILES string of the molecule is Brc1cccc(-c2noc(C3CCCO3)n2)c1. The number of benzene rings is 1. The molecule has 1 unspecified atom stereocenters. The van der Waals surface area contributed by atoms with Crippen molar-refractivity contribution in [1.82, 2.24) is 10.1 Å². The molecule has 0 saturated carbocycles. The lowest BCUT2D eigenvalue weighted by molar-refractivity contribution is 0.0835.